The second-order valence-corrected chi connectivity index (χ2v) is 4.87. The molecule has 0 aliphatic carbocycles. The molecule has 0 saturated carbocycles. The van der Waals surface area contributed by atoms with Gasteiger partial charge in [0.05, 0.1) is 0 Å². The predicted molar refractivity (Wildman–Crippen MR) is 65.1 cm³/mol. The number of hydrogen-bond donors (Lipinski definition) is 1. The van der Waals surface area contributed by atoms with E-state index in [1.807, 2.05) is 0 Å². The molecule has 0 radical (unpaired) electrons. The lowest BCUT2D eigenvalue weighted by Gasteiger charge is -2.27. The number of nitrogens with one attached hydrogen (secondary N) is 1. The number of aryl methyl sites for hydroxylation is 2. The van der Waals surface area contributed by atoms with Gasteiger partial charge in [-0.2, -0.15) is 0 Å². The molecule has 1 aliphatic rings. The molecule has 0 amide bonds. The molecule has 1 nitrogen and oxygen atoms in total. The molecular weight excluding hydrogens is 182 g/mol. The number of benzene rings is 1. The predicted octanol–water partition coefficient (Wildman–Crippen LogP) is 3.16. The second-order valence-electron chi connectivity index (χ2n) is 4.87. The average molecular weight is 203 g/mol. The monoisotopic (exact) mass is 203 g/mol. The van der Waals surface area contributed by atoms with Crippen LogP contribution in [0.2, 0.25) is 0 Å². The lowest BCUT2D eigenvalue weighted by Crippen LogP contribution is -2.34. The first-order valence-electron chi connectivity index (χ1n) is 6.01. The summed E-state index contributed by atoms with van der Waals surface area (Å²) in [5, 5.41) is 3.64. The molecule has 82 valence electrons. The zero-order valence-electron chi connectivity index (χ0n) is 10.1. The molecule has 1 heterocycles. The molecule has 2 rings (SSSR count). The quantitative estimate of drug-likeness (QED) is 0.778. The van der Waals surface area contributed by atoms with Crippen molar-refractivity contribution in [2.75, 3.05) is 6.54 Å². The van der Waals surface area contributed by atoms with Crippen LogP contribution in [0.15, 0.2) is 18.2 Å². The third kappa shape index (κ3) is 1.93. The molecule has 0 spiro atoms. The number of hydrogen-bond acceptors (Lipinski definition) is 1. The maximum absolute atomic E-state index is 3.64. The summed E-state index contributed by atoms with van der Waals surface area (Å²) in [5.74, 6) is 0. The van der Waals surface area contributed by atoms with E-state index in [1.54, 1.807) is 0 Å². The molecule has 1 aromatic carbocycles. The van der Waals surface area contributed by atoms with Gasteiger partial charge in [0, 0.05) is 5.54 Å². The minimum atomic E-state index is 0.218. The van der Waals surface area contributed by atoms with Crippen molar-refractivity contribution in [2.24, 2.45) is 0 Å². The van der Waals surface area contributed by atoms with Crippen molar-refractivity contribution in [1.29, 1.82) is 0 Å². The minimum absolute atomic E-state index is 0.218. The summed E-state index contributed by atoms with van der Waals surface area (Å²) in [4.78, 5) is 0. The highest BCUT2D eigenvalue weighted by atomic mass is 15.0. The Kier molecular flexibility index (Phi) is 2.83. The van der Waals surface area contributed by atoms with Crippen molar-refractivity contribution in [1.82, 2.24) is 5.32 Å². The number of rotatable bonds is 2. The molecule has 1 heteroatoms. The molecule has 1 aromatic rings. The largest absolute Gasteiger partial charge is 0.308 e. The van der Waals surface area contributed by atoms with E-state index in [0.717, 1.165) is 13.0 Å². The van der Waals surface area contributed by atoms with E-state index in [2.05, 4.69) is 44.3 Å². The molecule has 0 bridgehead atoms. The van der Waals surface area contributed by atoms with Gasteiger partial charge < -0.3 is 5.32 Å². The van der Waals surface area contributed by atoms with E-state index in [-0.39, 0.29) is 5.54 Å². The Labute approximate surface area is 92.9 Å². The zero-order chi connectivity index (χ0) is 10.9. The van der Waals surface area contributed by atoms with Crippen LogP contribution in [0, 0.1) is 6.92 Å². The van der Waals surface area contributed by atoms with E-state index in [0.29, 0.717) is 0 Å². The van der Waals surface area contributed by atoms with Gasteiger partial charge in [0.2, 0.25) is 0 Å². The van der Waals surface area contributed by atoms with Crippen LogP contribution in [0.3, 0.4) is 0 Å². The Morgan fingerprint density at radius 2 is 2.20 bits per heavy atom. The topological polar surface area (TPSA) is 12.0 Å². The maximum atomic E-state index is 3.64. The van der Waals surface area contributed by atoms with E-state index < -0.39 is 0 Å². The molecule has 0 aromatic heterocycles. The van der Waals surface area contributed by atoms with E-state index >= 15 is 0 Å². The summed E-state index contributed by atoms with van der Waals surface area (Å²) in [6.45, 7) is 7.94. The van der Waals surface area contributed by atoms with Gasteiger partial charge in [-0.1, -0.05) is 25.1 Å². The van der Waals surface area contributed by atoms with Gasteiger partial charge in [-0.15, -0.1) is 0 Å². The van der Waals surface area contributed by atoms with Crippen LogP contribution in [-0.2, 0) is 12.0 Å². The molecule has 1 unspecified atom stereocenters. The van der Waals surface area contributed by atoms with Gasteiger partial charge in [0.1, 0.15) is 0 Å². The fourth-order valence-corrected chi connectivity index (χ4v) is 2.61. The van der Waals surface area contributed by atoms with Crippen LogP contribution in [-0.4, -0.2) is 6.54 Å². The Morgan fingerprint density at radius 3 is 2.80 bits per heavy atom. The van der Waals surface area contributed by atoms with Crippen LogP contribution >= 0.6 is 0 Å². The van der Waals surface area contributed by atoms with Gasteiger partial charge in [-0.3, -0.25) is 0 Å². The van der Waals surface area contributed by atoms with Crippen LogP contribution < -0.4 is 5.32 Å². The van der Waals surface area contributed by atoms with Gasteiger partial charge in [0.15, 0.2) is 0 Å². The molecule has 1 fully saturated rings. The van der Waals surface area contributed by atoms with Crippen molar-refractivity contribution in [3.8, 4) is 0 Å². The first-order chi connectivity index (χ1) is 7.15. The van der Waals surface area contributed by atoms with Gasteiger partial charge in [-0.05, 0) is 56.3 Å². The van der Waals surface area contributed by atoms with Gasteiger partial charge in [-0.25, -0.2) is 0 Å². The third-order valence-corrected chi connectivity index (χ3v) is 3.67. The second kappa shape index (κ2) is 3.97. The Balaban J connectivity index is 2.41. The fourth-order valence-electron chi connectivity index (χ4n) is 2.61. The van der Waals surface area contributed by atoms with Crippen LogP contribution in [0.5, 0.6) is 0 Å². The SMILES string of the molecule is CCc1ccc(C)c(C2(C)CCCN2)c1. The first kappa shape index (κ1) is 10.7. The van der Waals surface area contributed by atoms with Crippen LogP contribution in [0.25, 0.3) is 0 Å². The molecule has 1 aliphatic heterocycles. The Hall–Kier alpha value is -0.820. The summed E-state index contributed by atoms with van der Waals surface area (Å²) in [6, 6.07) is 6.89. The van der Waals surface area contributed by atoms with E-state index in [4.69, 9.17) is 0 Å². The smallest absolute Gasteiger partial charge is 0.0409 e. The Morgan fingerprint density at radius 1 is 1.40 bits per heavy atom. The summed E-state index contributed by atoms with van der Waals surface area (Å²) < 4.78 is 0. The highest BCUT2D eigenvalue weighted by Crippen LogP contribution is 2.32. The summed E-state index contributed by atoms with van der Waals surface area (Å²) in [6.07, 6.45) is 3.69. The first-order valence-corrected chi connectivity index (χ1v) is 6.01. The van der Waals surface area contributed by atoms with Crippen molar-refractivity contribution >= 4 is 0 Å². The lowest BCUT2D eigenvalue weighted by molar-refractivity contribution is 0.432. The minimum Gasteiger partial charge on any atom is -0.308 e. The Bertz CT molecular complexity index is 348. The van der Waals surface area contributed by atoms with Crippen molar-refractivity contribution in [2.45, 2.75) is 45.6 Å². The summed E-state index contributed by atoms with van der Waals surface area (Å²) in [7, 11) is 0. The molecule has 1 saturated heterocycles. The molecule has 15 heavy (non-hydrogen) atoms. The normalized spacial score (nSPS) is 25.8. The van der Waals surface area contributed by atoms with Gasteiger partial charge in [0.25, 0.3) is 0 Å². The van der Waals surface area contributed by atoms with Crippen LogP contribution in [0.4, 0.5) is 0 Å². The molecular formula is C14H21N. The fraction of sp³-hybridized carbons (Fsp3) is 0.571. The van der Waals surface area contributed by atoms with Gasteiger partial charge >= 0.3 is 0 Å². The van der Waals surface area contributed by atoms with Crippen molar-refractivity contribution in [3.05, 3.63) is 34.9 Å². The van der Waals surface area contributed by atoms with Crippen LogP contribution in [0.1, 0.15) is 43.4 Å². The summed E-state index contributed by atoms with van der Waals surface area (Å²) in [5.41, 5.74) is 4.59. The maximum Gasteiger partial charge on any atom is 0.0409 e. The molecule has 1 atom stereocenters. The average Bonchev–Trinajstić information content (AvgIpc) is 2.67. The van der Waals surface area contributed by atoms with Crippen molar-refractivity contribution in [3.63, 3.8) is 0 Å². The zero-order valence-corrected chi connectivity index (χ0v) is 10.1. The highest BCUT2D eigenvalue weighted by molar-refractivity contribution is 5.37. The molecule has 1 N–H and O–H groups in total. The lowest BCUT2D eigenvalue weighted by atomic mass is 9.86. The summed E-state index contributed by atoms with van der Waals surface area (Å²) >= 11 is 0. The van der Waals surface area contributed by atoms with E-state index in [9.17, 15) is 0 Å². The standard InChI is InChI=1S/C14H21N/c1-4-12-7-6-11(2)13(10-12)14(3)8-5-9-15-14/h6-7,10,15H,4-5,8-9H2,1-3H3. The highest BCUT2D eigenvalue weighted by Gasteiger charge is 2.31. The van der Waals surface area contributed by atoms with E-state index in [1.165, 1.54) is 29.5 Å². The van der Waals surface area contributed by atoms with Crippen molar-refractivity contribution < 1.29 is 0 Å². The third-order valence-electron chi connectivity index (χ3n) is 3.67.